The van der Waals surface area contributed by atoms with Crippen LogP contribution in [0.2, 0.25) is 0 Å². The summed E-state index contributed by atoms with van der Waals surface area (Å²) >= 11 is 2.02. The third-order valence-electron chi connectivity index (χ3n) is 11.8. The molecule has 252 valence electrons. The van der Waals surface area contributed by atoms with Gasteiger partial charge >= 0.3 is 0 Å². The SMILES string of the molecule is C1=CC2Oc3ccccc3C2C(N(c2ccc3c(c2)SC2C=CC=CC32)C2CCc3c(c4ccc(-c5ccccc5)cc4n3-c3ccccc3)C2)=C1. The molecule has 1 aromatic heterocycles. The van der Waals surface area contributed by atoms with Crippen LogP contribution in [0.4, 0.5) is 5.69 Å². The van der Waals surface area contributed by atoms with Crippen LogP contribution in [-0.4, -0.2) is 22.0 Å². The summed E-state index contributed by atoms with van der Waals surface area (Å²) in [6, 6.07) is 45.1. The second-order valence-corrected chi connectivity index (χ2v) is 15.9. The molecule has 0 saturated heterocycles. The fourth-order valence-corrected chi connectivity index (χ4v) is 10.9. The van der Waals surface area contributed by atoms with Crippen molar-refractivity contribution < 1.29 is 4.74 Å². The Kier molecular flexibility index (Phi) is 7.01. The van der Waals surface area contributed by atoms with Gasteiger partial charge in [0.2, 0.25) is 0 Å². The molecule has 5 unspecified atom stereocenters. The molecule has 5 aromatic carbocycles. The maximum atomic E-state index is 6.59. The molecule has 11 rings (SSSR count). The smallest absolute Gasteiger partial charge is 0.130 e. The Balaban J connectivity index is 1.06. The summed E-state index contributed by atoms with van der Waals surface area (Å²) < 4.78 is 9.14. The maximum absolute atomic E-state index is 6.59. The Labute approximate surface area is 309 Å². The largest absolute Gasteiger partial charge is 0.485 e. The van der Waals surface area contributed by atoms with Crippen molar-refractivity contribution in [3.8, 4) is 22.6 Å². The molecule has 3 heterocycles. The monoisotopic (exact) mass is 690 g/mol. The van der Waals surface area contributed by atoms with Crippen LogP contribution in [0.1, 0.15) is 40.6 Å². The van der Waals surface area contributed by atoms with Crippen molar-refractivity contribution in [3.05, 3.63) is 192 Å². The molecule has 0 saturated carbocycles. The number of hydrogen-bond donors (Lipinski definition) is 0. The number of thioether (sulfide) groups is 1. The first kappa shape index (κ1) is 30.2. The topological polar surface area (TPSA) is 17.4 Å². The minimum absolute atomic E-state index is 0.00241. The van der Waals surface area contributed by atoms with Crippen LogP contribution in [0.25, 0.3) is 27.7 Å². The van der Waals surface area contributed by atoms with E-state index in [0.29, 0.717) is 11.2 Å². The number of rotatable bonds is 5. The van der Waals surface area contributed by atoms with Crippen molar-refractivity contribution in [1.82, 2.24) is 4.57 Å². The molecule has 2 aliphatic heterocycles. The van der Waals surface area contributed by atoms with E-state index in [1.165, 1.54) is 66.4 Å². The zero-order chi connectivity index (χ0) is 34.2. The lowest BCUT2D eigenvalue weighted by Gasteiger charge is -2.41. The van der Waals surface area contributed by atoms with Crippen LogP contribution in [0.15, 0.2) is 174 Å². The highest BCUT2D eigenvalue weighted by molar-refractivity contribution is 8.00. The van der Waals surface area contributed by atoms with E-state index in [9.17, 15) is 0 Å². The van der Waals surface area contributed by atoms with E-state index in [1.54, 1.807) is 0 Å². The van der Waals surface area contributed by atoms with Gasteiger partial charge in [-0.3, -0.25) is 0 Å². The van der Waals surface area contributed by atoms with Crippen molar-refractivity contribution in [1.29, 1.82) is 0 Å². The summed E-state index contributed by atoms with van der Waals surface area (Å²) in [5, 5.41) is 1.84. The molecule has 0 bridgehead atoms. The van der Waals surface area contributed by atoms with Gasteiger partial charge in [-0.05, 0) is 90.1 Å². The zero-order valence-corrected chi connectivity index (χ0v) is 29.6. The van der Waals surface area contributed by atoms with Crippen molar-refractivity contribution in [3.63, 3.8) is 0 Å². The molecule has 4 heteroatoms. The Morgan fingerprint density at radius 1 is 0.712 bits per heavy atom. The standard InChI is InChI=1S/C48H38N2OS/c1-3-12-31(13-4-1)32-22-25-36-40-29-34(24-27-41(40)50(43(36)28-32)33-14-5-2-6-15-33)49(35-23-26-38-37-16-8-10-21-46(37)52-47(38)30-35)42-18-11-20-45-48(42)39-17-7-9-19-44(39)51-45/h1-23,25-26,28,30,34,37,45-46,48H,24,27,29H2. The van der Waals surface area contributed by atoms with Gasteiger partial charge in [-0.25, -0.2) is 0 Å². The second kappa shape index (κ2) is 12.1. The molecule has 3 aliphatic carbocycles. The van der Waals surface area contributed by atoms with Gasteiger partial charge in [-0.15, -0.1) is 11.8 Å². The molecule has 0 radical (unpaired) electrons. The number of nitrogens with zero attached hydrogens (tertiary/aromatic N) is 2. The Morgan fingerprint density at radius 2 is 1.54 bits per heavy atom. The number of hydrogen-bond acceptors (Lipinski definition) is 3. The molecule has 3 nitrogen and oxygen atoms in total. The third-order valence-corrected chi connectivity index (χ3v) is 13.1. The van der Waals surface area contributed by atoms with Crippen molar-refractivity contribution in [2.75, 3.05) is 4.90 Å². The normalized spacial score (nSPS) is 23.3. The lowest BCUT2D eigenvalue weighted by Crippen LogP contribution is -2.42. The van der Waals surface area contributed by atoms with Crippen LogP contribution in [-0.2, 0) is 12.8 Å². The van der Waals surface area contributed by atoms with Crippen LogP contribution in [0, 0.1) is 0 Å². The zero-order valence-electron chi connectivity index (χ0n) is 28.8. The summed E-state index contributed by atoms with van der Waals surface area (Å²) in [7, 11) is 0. The molecule has 5 atom stereocenters. The van der Waals surface area contributed by atoms with Gasteiger partial charge in [0.1, 0.15) is 11.9 Å². The van der Waals surface area contributed by atoms with Gasteiger partial charge in [0.25, 0.3) is 0 Å². The van der Waals surface area contributed by atoms with E-state index in [4.69, 9.17) is 4.74 Å². The van der Waals surface area contributed by atoms with E-state index >= 15 is 0 Å². The Bertz CT molecular complexity index is 2490. The Hall–Kier alpha value is -5.45. The number of para-hydroxylation sites is 2. The van der Waals surface area contributed by atoms with Crippen LogP contribution < -0.4 is 9.64 Å². The first-order valence-electron chi connectivity index (χ1n) is 18.6. The van der Waals surface area contributed by atoms with Gasteiger partial charge in [0.15, 0.2) is 0 Å². The average Bonchev–Trinajstić information content (AvgIpc) is 3.88. The number of allylic oxidation sites excluding steroid dienone is 5. The van der Waals surface area contributed by atoms with E-state index in [1.807, 2.05) is 11.8 Å². The van der Waals surface area contributed by atoms with Crippen molar-refractivity contribution >= 4 is 28.4 Å². The van der Waals surface area contributed by atoms with E-state index < -0.39 is 0 Å². The van der Waals surface area contributed by atoms with Crippen molar-refractivity contribution in [2.24, 2.45) is 0 Å². The quantitative estimate of drug-likeness (QED) is 0.179. The fourth-order valence-electron chi connectivity index (χ4n) is 9.50. The number of aromatic nitrogens is 1. The number of anilines is 1. The lowest BCUT2D eigenvalue weighted by molar-refractivity contribution is 0.262. The van der Waals surface area contributed by atoms with Gasteiger partial charge in [-0.2, -0.15) is 0 Å². The first-order valence-corrected chi connectivity index (χ1v) is 19.5. The summed E-state index contributed by atoms with van der Waals surface area (Å²) in [4.78, 5) is 4.12. The molecule has 5 aliphatic rings. The molecular weight excluding hydrogens is 653 g/mol. The predicted molar refractivity (Wildman–Crippen MR) is 215 cm³/mol. The number of fused-ring (bicyclic) bond motifs is 9. The molecule has 0 spiro atoms. The van der Waals surface area contributed by atoms with E-state index in [-0.39, 0.29) is 18.1 Å². The third kappa shape index (κ3) is 4.74. The van der Waals surface area contributed by atoms with Gasteiger partial charge < -0.3 is 14.2 Å². The minimum Gasteiger partial charge on any atom is -0.485 e. The first-order chi connectivity index (χ1) is 25.8. The van der Waals surface area contributed by atoms with Crippen LogP contribution in [0.5, 0.6) is 5.75 Å². The average molecular weight is 691 g/mol. The van der Waals surface area contributed by atoms with Gasteiger partial charge in [0.05, 0.1) is 11.4 Å². The molecule has 6 aromatic rings. The predicted octanol–water partition coefficient (Wildman–Crippen LogP) is 11.3. The van der Waals surface area contributed by atoms with Gasteiger partial charge in [0, 0.05) is 55.8 Å². The highest BCUT2D eigenvalue weighted by Crippen LogP contribution is 2.52. The molecule has 0 fully saturated rings. The van der Waals surface area contributed by atoms with E-state index in [0.717, 1.165) is 25.0 Å². The number of ether oxygens (including phenoxy) is 1. The molecular formula is C48H38N2OS. The van der Waals surface area contributed by atoms with E-state index in [2.05, 4.69) is 173 Å². The summed E-state index contributed by atoms with van der Waals surface area (Å²) in [5.41, 5.74) is 13.3. The van der Waals surface area contributed by atoms with Crippen molar-refractivity contribution in [2.45, 2.75) is 53.4 Å². The maximum Gasteiger partial charge on any atom is 0.130 e. The highest BCUT2D eigenvalue weighted by atomic mass is 32.2. The number of benzene rings is 5. The van der Waals surface area contributed by atoms with Crippen LogP contribution >= 0.6 is 11.8 Å². The minimum atomic E-state index is -0.00241. The Morgan fingerprint density at radius 3 is 2.44 bits per heavy atom. The highest BCUT2D eigenvalue weighted by Gasteiger charge is 2.42. The van der Waals surface area contributed by atoms with Gasteiger partial charge in [-0.1, -0.05) is 115 Å². The summed E-state index contributed by atoms with van der Waals surface area (Å²) in [5.74, 6) is 1.61. The summed E-state index contributed by atoms with van der Waals surface area (Å²) in [6.45, 7) is 0. The molecule has 0 N–H and O–H groups in total. The van der Waals surface area contributed by atoms with Crippen LogP contribution in [0.3, 0.4) is 0 Å². The molecule has 0 amide bonds. The molecule has 52 heavy (non-hydrogen) atoms. The second-order valence-electron chi connectivity index (χ2n) is 14.6. The lowest BCUT2D eigenvalue weighted by atomic mass is 9.84. The fraction of sp³-hybridized carbons (Fsp3) is 0.167. The summed E-state index contributed by atoms with van der Waals surface area (Å²) in [6.07, 6.45) is 19.0.